The second-order valence-corrected chi connectivity index (χ2v) is 3.11. The van der Waals surface area contributed by atoms with Gasteiger partial charge in [-0.05, 0) is 0 Å². The van der Waals surface area contributed by atoms with Gasteiger partial charge in [0.2, 0.25) is 5.91 Å². The maximum Gasteiger partial charge on any atom is 0.236 e. The van der Waals surface area contributed by atoms with Crippen LogP contribution in [0.2, 0.25) is 0 Å². The van der Waals surface area contributed by atoms with E-state index >= 15 is 0 Å². The van der Waals surface area contributed by atoms with Gasteiger partial charge in [-0.15, -0.1) is 25.6 Å². The van der Waals surface area contributed by atoms with Crippen LogP contribution in [0.1, 0.15) is 13.8 Å². The van der Waals surface area contributed by atoms with E-state index in [4.69, 9.17) is 0 Å². The number of hydrogen-bond acceptors (Lipinski definition) is 2. The van der Waals surface area contributed by atoms with Crippen molar-refractivity contribution in [1.82, 2.24) is 10.4 Å². The summed E-state index contributed by atoms with van der Waals surface area (Å²) in [6.07, 6.45) is 3.48. The minimum Gasteiger partial charge on any atom is -0.288 e. The van der Waals surface area contributed by atoms with E-state index in [0.717, 1.165) is 0 Å². The fourth-order valence-corrected chi connectivity index (χ4v) is 0.762. The van der Waals surface area contributed by atoms with E-state index in [9.17, 15) is 4.79 Å². The molecule has 0 rings (SSSR count). The van der Waals surface area contributed by atoms with Crippen molar-refractivity contribution in [2.45, 2.75) is 13.8 Å². The Morgan fingerprint density at radius 3 is 2.07 bits per heavy atom. The molecule has 0 aliphatic carbocycles. The highest BCUT2D eigenvalue weighted by Crippen LogP contribution is 1.92. The SMILES string of the molecule is C=CCN(CC=C)NC(=O)C(C)C.Cl. The molecule has 82 valence electrons. The van der Waals surface area contributed by atoms with Gasteiger partial charge in [0.15, 0.2) is 0 Å². The lowest BCUT2D eigenvalue weighted by molar-refractivity contribution is -0.128. The van der Waals surface area contributed by atoms with E-state index in [1.807, 2.05) is 13.8 Å². The van der Waals surface area contributed by atoms with Gasteiger partial charge >= 0.3 is 0 Å². The van der Waals surface area contributed by atoms with Crippen LogP contribution >= 0.6 is 12.4 Å². The summed E-state index contributed by atoms with van der Waals surface area (Å²) in [4.78, 5) is 11.3. The minimum absolute atomic E-state index is 0. The van der Waals surface area contributed by atoms with Crippen molar-refractivity contribution in [2.24, 2.45) is 5.92 Å². The van der Waals surface area contributed by atoms with Gasteiger partial charge in [-0.3, -0.25) is 10.2 Å². The molecule has 0 saturated carbocycles. The third-order valence-electron chi connectivity index (χ3n) is 1.49. The predicted molar refractivity (Wildman–Crippen MR) is 62.2 cm³/mol. The zero-order valence-electron chi connectivity index (χ0n) is 8.82. The number of halogens is 1. The first kappa shape index (κ1) is 15.7. The van der Waals surface area contributed by atoms with Gasteiger partial charge in [0, 0.05) is 19.0 Å². The summed E-state index contributed by atoms with van der Waals surface area (Å²) in [7, 11) is 0. The average molecular weight is 219 g/mol. The topological polar surface area (TPSA) is 32.3 Å². The second-order valence-electron chi connectivity index (χ2n) is 3.11. The molecule has 0 atom stereocenters. The zero-order chi connectivity index (χ0) is 10.3. The van der Waals surface area contributed by atoms with E-state index < -0.39 is 0 Å². The smallest absolute Gasteiger partial charge is 0.236 e. The first-order chi connectivity index (χ1) is 6.11. The molecule has 0 aromatic heterocycles. The number of nitrogens with zero attached hydrogens (tertiary/aromatic N) is 1. The van der Waals surface area contributed by atoms with Crippen molar-refractivity contribution in [3.63, 3.8) is 0 Å². The van der Waals surface area contributed by atoms with Crippen LogP contribution in [0.3, 0.4) is 0 Å². The number of hydrogen-bond donors (Lipinski definition) is 1. The molecule has 1 amide bonds. The maximum absolute atomic E-state index is 11.3. The molecule has 0 aliphatic heterocycles. The van der Waals surface area contributed by atoms with Gasteiger partial charge < -0.3 is 0 Å². The quantitative estimate of drug-likeness (QED) is 0.545. The molecule has 4 heteroatoms. The molecular weight excluding hydrogens is 200 g/mol. The predicted octanol–water partition coefficient (Wildman–Crippen LogP) is 1.77. The summed E-state index contributed by atoms with van der Waals surface area (Å²) in [6, 6.07) is 0. The maximum atomic E-state index is 11.3. The molecule has 0 aromatic carbocycles. The third-order valence-corrected chi connectivity index (χ3v) is 1.49. The van der Waals surface area contributed by atoms with Crippen molar-refractivity contribution in [1.29, 1.82) is 0 Å². The van der Waals surface area contributed by atoms with Crippen molar-refractivity contribution in [3.05, 3.63) is 25.3 Å². The van der Waals surface area contributed by atoms with Gasteiger partial charge in [0.25, 0.3) is 0 Å². The van der Waals surface area contributed by atoms with Crippen LogP contribution in [0.15, 0.2) is 25.3 Å². The lowest BCUT2D eigenvalue weighted by Gasteiger charge is -2.20. The number of rotatable bonds is 6. The van der Waals surface area contributed by atoms with Gasteiger partial charge in [-0.2, -0.15) is 0 Å². The number of hydrazine groups is 1. The molecule has 3 nitrogen and oxygen atoms in total. The summed E-state index contributed by atoms with van der Waals surface area (Å²) < 4.78 is 0. The molecule has 0 fully saturated rings. The molecule has 0 unspecified atom stereocenters. The minimum atomic E-state index is -0.00266. The number of nitrogens with one attached hydrogen (secondary N) is 1. The molecule has 0 saturated heterocycles. The van der Waals surface area contributed by atoms with Crippen molar-refractivity contribution in [3.8, 4) is 0 Å². The Morgan fingerprint density at radius 2 is 1.79 bits per heavy atom. The van der Waals surface area contributed by atoms with Crippen molar-refractivity contribution < 1.29 is 4.79 Å². The molecule has 0 heterocycles. The Labute approximate surface area is 92.2 Å². The Bertz CT molecular complexity index is 183. The van der Waals surface area contributed by atoms with Gasteiger partial charge in [-0.1, -0.05) is 26.0 Å². The first-order valence-corrected chi connectivity index (χ1v) is 4.39. The number of carbonyl (C=O) groups is 1. The Hall–Kier alpha value is -0.800. The molecule has 0 radical (unpaired) electrons. The van der Waals surface area contributed by atoms with Crippen LogP contribution in [-0.4, -0.2) is 24.0 Å². The molecule has 1 N–H and O–H groups in total. The van der Waals surface area contributed by atoms with Crippen LogP contribution in [0.25, 0.3) is 0 Å². The van der Waals surface area contributed by atoms with Gasteiger partial charge in [0.1, 0.15) is 0 Å². The van der Waals surface area contributed by atoms with Gasteiger partial charge in [0.05, 0.1) is 0 Å². The normalized spacial score (nSPS) is 9.43. The van der Waals surface area contributed by atoms with E-state index in [1.165, 1.54) is 0 Å². The highest BCUT2D eigenvalue weighted by Gasteiger charge is 2.09. The fraction of sp³-hybridized carbons (Fsp3) is 0.500. The summed E-state index contributed by atoms with van der Waals surface area (Å²) in [6.45, 7) is 12.2. The number of amides is 1. The largest absolute Gasteiger partial charge is 0.288 e. The average Bonchev–Trinajstić information content (AvgIpc) is 2.05. The molecular formula is C10H19ClN2O. The fourth-order valence-electron chi connectivity index (χ4n) is 0.762. The summed E-state index contributed by atoms with van der Waals surface area (Å²) in [5.74, 6) is 0.0147. The highest BCUT2D eigenvalue weighted by molar-refractivity contribution is 5.85. The van der Waals surface area contributed by atoms with E-state index in [-0.39, 0.29) is 24.2 Å². The highest BCUT2D eigenvalue weighted by atomic mass is 35.5. The van der Waals surface area contributed by atoms with Crippen LogP contribution in [0.4, 0.5) is 0 Å². The Kier molecular flexibility index (Phi) is 9.83. The van der Waals surface area contributed by atoms with Crippen molar-refractivity contribution in [2.75, 3.05) is 13.1 Å². The second kappa shape index (κ2) is 8.78. The molecule has 0 aliphatic rings. The first-order valence-electron chi connectivity index (χ1n) is 4.39. The van der Waals surface area contributed by atoms with Crippen LogP contribution < -0.4 is 5.43 Å². The monoisotopic (exact) mass is 218 g/mol. The van der Waals surface area contributed by atoms with Crippen LogP contribution in [0, 0.1) is 5.92 Å². The van der Waals surface area contributed by atoms with Crippen molar-refractivity contribution >= 4 is 18.3 Å². The molecule has 14 heavy (non-hydrogen) atoms. The lowest BCUT2D eigenvalue weighted by atomic mass is 10.2. The van der Waals surface area contributed by atoms with Crippen LogP contribution in [0.5, 0.6) is 0 Å². The summed E-state index contributed by atoms with van der Waals surface area (Å²) >= 11 is 0. The number of carbonyl (C=O) groups excluding carboxylic acids is 1. The van der Waals surface area contributed by atoms with E-state index in [2.05, 4.69) is 18.6 Å². The van der Waals surface area contributed by atoms with E-state index in [1.54, 1.807) is 17.2 Å². The van der Waals surface area contributed by atoms with E-state index in [0.29, 0.717) is 13.1 Å². The molecule has 0 bridgehead atoms. The lowest BCUT2D eigenvalue weighted by Crippen LogP contribution is -2.44. The third kappa shape index (κ3) is 6.69. The Morgan fingerprint density at radius 1 is 1.36 bits per heavy atom. The molecule has 0 aromatic rings. The van der Waals surface area contributed by atoms with Crippen LogP contribution in [-0.2, 0) is 4.79 Å². The summed E-state index contributed by atoms with van der Waals surface area (Å²) in [5, 5.41) is 1.77. The summed E-state index contributed by atoms with van der Waals surface area (Å²) in [5.41, 5.74) is 2.77. The molecule has 0 spiro atoms. The Balaban J connectivity index is 0. The standard InChI is InChI=1S/C10H18N2O.ClH/c1-5-7-12(8-6-2)11-10(13)9(3)4;/h5-6,9H,1-2,7-8H2,3-4H3,(H,11,13);1H. The zero-order valence-corrected chi connectivity index (χ0v) is 9.64. The van der Waals surface area contributed by atoms with Gasteiger partial charge in [-0.25, -0.2) is 5.01 Å².